The first-order valence-electron chi connectivity index (χ1n) is 6.59. The van der Waals surface area contributed by atoms with Gasteiger partial charge in [-0.2, -0.15) is 0 Å². The lowest BCUT2D eigenvalue weighted by atomic mass is 10.2. The molecule has 2 rings (SSSR count). The van der Waals surface area contributed by atoms with E-state index in [0.29, 0.717) is 17.2 Å². The predicted molar refractivity (Wildman–Crippen MR) is 88.4 cm³/mol. The molecule has 1 amide bonds. The number of rotatable bonds is 5. The molecule has 2 aromatic carbocycles. The molecule has 0 spiro atoms. The van der Waals surface area contributed by atoms with Crippen molar-refractivity contribution >= 4 is 29.3 Å². The summed E-state index contributed by atoms with van der Waals surface area (Å²) in [6.07, 6.45) is 1.60. The Morgan fingerprint density at radius 2 is 1.82 bits per heavy atom. The molecule has 0 aliphatic rings. The summed E-state index contributed by atoms with van der Waals surface area (Å²) >= 11 is 6.06. The van der Waals surface area contributed by atoms with Gasteiger partial charge in [0.15, 0.2) is 0 Å². The zero-order chi connectivity index (χ0) is 15.9. The molecule has 1 N–H and O–H groups in total. The van der Waals surface area contributed by atoms with Crippen LogP contribution in [-0.4, -0.2) is 20.1 Å². The smallest absolute Gasteiger partial charge is 0.267 e. The van der Waals surface area contributed by atoms with Crippen molar-refractivity contribution in [2.45, 2.75) is 0 Å². The van der Waals surface area contributed by atoms with Crippen LogP contribution in [0.3, 0.4) is 0 Å². The lowest BCUT2D eigenvalue weighted by Gasteiger charge is -2.11. The van der Waals surface area contributed by atoms with Crippen molar-refractivity contribution in [3.05, 3.63) is 59.1 Å². The van der Waals surface area contributed by atoms with Crippen LogP contribution >= 0.6 is 11.6 Å². The molecule has 0 saturated heterocycles. The Morgan fingerprint density at radius 1 is 1.09 bits per heavy atom. The van der Waals surface area contributed by atoms with Gasteiger partial charge in [0.05, 0.1) is 19.9 Å². The molecule has 2 aromatic rings. The number of ether oxygens (including phenoxy) is 2. The number of carbonyl (C=O) groups is 1. The van der Waals surface area contributed by atoms with Gasteiger partial charge in [0, 0.05) is 6.07 Å². The third-order valence-corrected chi connectivity index (χ3v) is 3.25. The predicted octanol–water partition coefficient (Wildman–Crippen LogP) is 3.92. The van der Waals surface area contributed by atoms with Crippen LogP contribution in [0.1, 0.15) is 5.56 Å². The summed E-state index contributed by atoms with van der Waals surface area (Å²) in [6.45, 7) is 0. The number of amides is 1. The number of halogens is 1. The summed E-state index contributed by atoms with van der Waals surface area (Å²) in [5.74, 6) is 0.717. The van der Waals surface area contributed by atoms with E-state index in [0.717, 1.165) is 5.56 Å². The maximum atomic E-state index is 12.2. The molecule has 22 heavy (non-hydrogen) atoms. The van der Waals surface area contributed by atoms with Gasteiger partial charge in [-0.15, -0.1) is 0 Å². The van der Waals surface area contributed by atoms with Crippen LogP contribution in [0.5, 0.6) is 11.5 Å². The van der Waals surface area contributed by atoms with Crippen LogP contribution in [0.15, 0.2) is 53.6 Å². The highest BCUT2D eigenvalue weighted by molar-refractivity contribution is 6.45. The molecule has 0 radical (unpaired) electrons. The fourth-order valence-electron chi connectivity index (χ4n) is 1.85. The Hall–Kier alpha value is -2.46. The fraction of sp³-hybridized carbons (Fsp3) is 0.118. The second kappa shape index (κ2) is 7.52. The van der Waals surface area contributed by atoms with Gasteiger partial charge in [-0.05, 0) is 23.8 Å². The monoisotopic (exact) mass is 317 g/mol. The summed E-state index contributed by atoms with van der Waals surface area (Å²) in [7, 11) is 3.08. The van der Waals surface area contributed by atoms with E-state index in [2.05, 4.69) is 5.32 Å². The molecular formula is C17H16ClNO3. The number of hydrogen-bond donors (Lipinski definition) is 1. The molecular weight excluding hydrogens is 302 g/mol. The van der Waals surface area contributed by atoms with Crippen LogP contribution in [0.25, 0.3) is 6.08 Å². The molecule has 0 aromatic heterocycles. The van der Waals surface area contributed by atoms with Gasteiger partial charge < -0.3 is 14.8 Å². The summed E-state index contributed by atoms with van der Waals surface area (Å²) < 4.78 is 10.3. The number of anilines is 1. The topological polar surface area (TPSA) is 47.6 Å². The maximum absolute atomic E-state index is 12.2. The van der Waals surface area contributed by atoms with E-state index in [4.69, 9.17) is 21.1 Å². The van der Waals surface area contributed by atoms with Crippen molar-refractivity contribution < 1.29 is 14.3 Å². The Balaban J connectivity index is 2.19. The summed E-state index contributed by atoms with van der Waals surface area (Å²) in [4.78, 5) is 12.2. The summed E-state index contributed by atoms with van der Waals surface area (Å²) in [5.41, 5.74) is 1.34. The third-order valence-electron chi connectivity index (χ3n) is 2.96. The normalized spacial score (nSPS) is 11.0. The van der Waals surface area contributed by atoms with Gasteiger partial charge in [0.1, 0.15) is 16.5 Å². The lowest BCUT2D eigenvalue weighted by molar-refractivity contribution is -0.112. The number of methoxy groups -OCH3 is 2. The second-order valence-electron chi connectivity index (χ2n) is 4.42. The molecule has 0 saturated carbocycles. The number of hydrogen-bond acceptors (Lipinski definition) is 3. The van der Waals surface area contributed by atoms with Gasteiger partial charge in [0.2, 0.25) is 0 Å². The van der Waals surface area contributed by atoms with Gasteiger partial charge in [-0.25, -0.2) is 0 Å². The van der Waals surface area contributed by atoms with Gasteiger partial charge >= 0.3 is 0 Å². The molecule has 0 bridgehead atoms. The largest absolute Gasteiger partial charge is 0.497 e. The van der Waals surface area contributed by atoms with Crippen LogP contribution in [0, 0.1) is 0 Å². The van der Waals surface area contributed by atoms with Crippen LogP contribution < -0.4 is 14.8 Å². The van der Waals surface area contributed by atoms with Crippen molar-refractivity contribution in [3.8, 4) is 11.5 Å². The van der Waals surface area contributed by atoms with E-state index >= 15 is 0 Å². The fourth-order valence-corrected chi connectivity index (χ4v) is 2.03. The molecule has 0 atom stereocenters. The highest BCUT2D eigenvalue weighted by Gasteiger charge is 2.12. The Morgan fingerprint density at radius 3 is 2.45 bits per heavy atom. The van der Waals surface area contributed by atoms with Crippen molar-refractivity contribution in [1.29, 1.82) is 0 Å². The Bertz CT molecular complexity index is 684. The quantitative estimate of drug-likeness (QED) is 0.850. The van der Waals surface area contributed by atoms with E-state index in [-0.39, 0.29) is 5.03 Å². The van der Waals surface area contributed by atoms with E-state index in [9.17, 15) is 4.79 Å². The van der Waals surface area contributed by atoms with E-state index < -0.39 is 5.91 Å². The highest BCUT2D eigenvalue weighted by atomic mass is 35.5. The standard InChI is InChI=1S/C17H16ClNO3/c1-21-13-8-9-16(22-2)15(11-13)19-17(20)14(18)10-12-6-4-3-5-7-12/h3-11H,1-2H3,(H,19,20). The highest BCUT2D eigenvalue weighted by Crippen LogP contribution is 2.29. The van der Waals surface area contributed by atoms with Crippen molar-refractivity contribution in [2.75, 3.05) is 19.5 Å². The third kappa shape index (κ3) is 4.02. The minimum Gasteiger partial charge on any atom is -0.497 e. The Labute approximate surface area is 134 Å². The second-order valence-corrected chi connectivity index (χ2v) is 4.83. The molecule has 5 heteroatoms. The maximum Gasteiger partial charge on any atom is 0.267 e. The van der Waals surface area contributed by atoms with Crippen molar-refractivity contribution in [2.24, 2.45) is 0 Å². The SMILES string of the molecule is COc1ccc(OC)c(NC(=O)C(Cl)=Cc2ccccc2)c1. The van der Waals surface area contributed by atoms with E-state index in [1.165, 1.54) is 7.11 Å². The average molecular weight is 318 g/mol. The summed E-state index contributed by atoms with van der Waals surface area (Å²) in [6, 6.07) is 14.5. The van der Waals surface area contributed by atoms with Crippen molar-refractivity contribution in [3.63, 3.8) is 0 Å². The van der Waals surface area contributed by atoms with Crippen LogP contribution in [0.4, 0.5) is 5.69 Å². The zero-order valence-corrected chi connectivity index (χ0v) is 13.1. The number of nitrogens with one attached hydrogen (secondary N) is 1. The van der Waals surface area contributed by atoms with Crippen molar-refractivity contribution in [1.82, 2.24) is 0 Å². The van der Waals surface area contributed by atoms with Gasteiger partial charge in [0.25, 0.3) is 5.91 Å². The molecule has 114 valence electrons. The minimum atomic E-state index is -0.419. The first-order valence-corrected chi connectivity index (χ1v) is 6.97. The lowest BCUT2D eigenvalue weighted by Crippen LogP contribution is -2.12. The van der Waals surface area contributed by atoms with Crippen LogP contribution in [-0.2, 0) is 4.79 Å². The molecule has 0 aliphatic heterocycles. The van der Waals surface area contributed by atoms with E-state index in [1.54, 1.807) is 31.4 Å². The van der Waals surface area contributed by atoms with Gasteiger partial charge in [-0.1, -0.05) is 41.9 Å². The molecule has 0 fully saturated rings. The van der Waals surface area contributed by atoms with Crippen LogP contribution in [0.2, 0.25) is 0 Å². The number of benzene rings is 2. The Kier molecular flexibility index (Phi) is 5.44. The molecule has 4 nitrogen and oxygen atoms in total. The number of carbonyl (C=O) groups excluding carboxylic acids is 1. The summed E-state index contributed by atoms with van der Waals surface area (Å²) in [5, 5.41) is 2.79. The molecule has 0 unspecified atom stereocenters. The molecule has 0 heterocycles. The zero-order valence-electron chi connectivity index (χ0n) is 12.3. The molecule has 0 aliphatic carbocycles. The van der Waals surface area contributed by atoms with Gasteiger partial charge in [-0.3, -0.25) is 4.79 Å². The first kappa shape index (κ1) is 15.9. The minimum absolute atomic E-state index is 0.0797. The van der Waals surface area contributed by atoms with E-state index in [1.807, 2.05) is 30.3 Å². The first-order chi connectivity index (χ1) is 10.6. The average Bonchev–Trinajstić information content (AvgIpc) is 2.55.